The SMILES string of the molecule is CN(CCNS(C)(=O)=O)c1cc(Cl)ccc1C#N. The van der Waals surface area contributed by atoms with Gasteiger partial charge in [0.05, 0.1) is 17.5 Å². The van der Waals surface area contributed by atoms with Crippen molar-refractivity contribution in [2.75, 3.05) is 31.3 Å². The molecule has 0 bridgehead atoms. The zero-order valence-corrected chi connectivity index (χ0v) is 11.7. The normalized spacial score (nSPS) is 11.0. The predicted octanol–water partition coefficient (Wildman–Crippen LogP) is 1.20. The van der Waals surface area contributed by atoms with E-state index in [1.807, 2.05) is 0 Å². The van der Waals surface area contributed by atoms with Crippen molar-refractivity contribution in [2.24, 2.45) is 0 Å². The molecule has 0 fully saturated rings. The first kappa shape index (κ1) is 14.8. The van der Waals surface area contributed by atoms with Gasteiger partial charge in [0.15, 0.2) is 0 Å². The van der Waals surface area contributed by atoms with Gasteiger partial charge in [-0.15, -0.1) is 0 Å². The van der Waals surface area contributed by atoms with E-state index in [2.05, 4.69) is 10.8 Å². The lowest BCUT2D eigenvalue weighted by atomic mass is 10.2. The Balaban J connectivity index is 2.75. The fourth-order valence-electron chi connectivity index (χ4n) is 1.43. The van der Waals surface area contributed by atoms with Crippen molar-refractivity contribution in [1.82, 2.24) is 4.72 Å². The Morgan fingerprint density at radius 2 is 2.17 bits per heavy atom. The number of sulfonamides is 1. The summed E-state index contributed by atoms with van der Waals surface area (Å²) in [6.07, 6.45) is 1.10. The van der Waals surface area contributed by atoms with Crippen LogP contribution < -0.4 is 9.62 Å². The first-order chi connectivity index (χ1) is 8.33. The minimum Gasteiger partial charge on any atom is -0.372 e. The lowest BCUT2D eigenvalue weighted by molar-refractivity contribution is 0.587. The number of anilines is 1. The van der Waals surface area contributed by atoms with E-state index in [0.717, 1.165) is 6.26 Å². The monoisotopic (exact) mass is 287 g/mol. The van der Waals surface area contributed by atoms with Gasteiger partial charge in [-0.2, -0.15) is 5.26 Å². The highest BCUT2D eigenvalue weighted by atomic mass is 35.5. The minimum absolute atomic E-state index is 0.271. The van der Waals surface area contributed by atoms with Gasteiger partial charge in [-0.3, -0.25) is 0 Å². The molecule has 0 saturated heterocycles. The van der Waals surface area contributed by atoms with E-state index in [-0.39, 0.29) is 6.54 Å². The molecule has 1 aromatic carbocycles. The van der Waals surface area contributed by atoms with Crippen molar-refractivity contribution in [1.29, 1.82) is 5.26 Å². The van der Waals surface area contributed by atoms with Gasteiger partial charge in [0.2, 0.25) is 10.0 Å². The Kier molecular flexibility index (Phi) is 4.96. The number of nitriles is 1. The summed E-state index contributed by atoms with van der Waals surface area (Å²) in [6.45, 7) is 0.717. The molecule has 0 aliphatic rings. The van der Waals surface area contributed by atoms with Gasteiger partial charge < -0.3 is 4.90 Å². The third kappa shape index (κ3) is 4.53. The molecule has 98 valence electrons. The van der Waals surface area contributed by atoms with E-state index in [1.165, 1.54) is 0 Å². The summed E-state index contributed by atoms with van der Waals surface area (Å²) >= 11 is 5.88. The van der Waals surface area contributed by atoms with Crippen molar-refractivity contribution in [3.63, 3.8) is 0 Å². The van der Waals surface area contributed by atoms with Crippen molar-refractivity contribution >= 4 is 27.3 Å². The Bertz CT molecular complexity index is 566. The van der Waals surface area contributed by atoms with Crippen LogP contribution in [0.2, 0.25) is 5.02 Å². The molecule has 0 aromatic heterocycles. The molecular weight excluding hydrogens is 274 g/mol. The number of nitrogens with one attached hydrogen (secondary N) is 1. The maximum Gasteiger partial charge on any atom is 0.208 e. The second-order valence-corrected chi connectivity index (χ2v) is 6.13. The van der Waals surface area contributed by atoms with Crippen molar-refractivity contribution in [3.8, 4) is 6.07 Å². The lowest BCUT2D eigenvalue weighted by Crippen LogP contribution is -2.32. The highest BCUT2D eigenvalue weighted by molar-refractivity contribution is 7.88. The first-order valence-electron chi connectivity index (χ1n) is 5.19. The number of nitrogens with zero attached hydrogens (tertiary/aromatic N) is 2. The van der Waals surface area contributed by atoms with E-state index < -0.39 is 10.0 Å². The molecular formula is C11H14ClN3O2S. The molecule has 18 heavy (non-hydrogen) atoms. The maximum atomic E-state index is 10.9. The van der Waals surface area contributed by atoms with Crippen LogP contribution in [0.3, 0.4) is 0 Å². The van der Waals surface area contributed by atoms with Gasteiger partial charge in [-0.05, 0) is 18.2 Å². The van der Waals surface area contributed by atoms with Crippen LogP contribution in [0.25, 0.3) is 0 Å². The van der Waals surface area contributed by atoms with Crippen LogP contribution in [0.1, 0.15) is 5.56 Å². The molecule has 5 nitrogen and oxygen atoms in total. The Morgan fingerprint density at radius 1 is 1.50 bits per heavy atom. The third-order valence-corrected chi connectivity index (χ3v) is 3.27. The van der Waals surface area contributed by atoms with E-state index in [4.69, 9.17) is 16.9 Å². The van der Waals surface area contributed by atoms with Crippen molar-refractivity contribution < 1.29 is 8.42 Å². The average Bonchev–Trinajstić information content (AvgIpc) is 2.27. The van der Waals surface area contributed by atoms with Gasteiger partial charge >= 0.3 is 0 Å². The van der Waals surface area contributed by atoms with Gasteiger partial charge in [-0.1, -0.05) is 11.6 Å². The van der Waals surface area contributed by atoms with Crippen LogP contribution in [0.5, 0.6) is 0 Å². The maximum absolute atomic E-state index is 10.9. The third-order valence-electron chi connectivity index (χ3n) is 2.30. The number of rotatable bonds is 5. The molecule has 1 rings (SSSR count). The predicted molar refractivity (Wildman–Crippen MR) is 72.3 cm³/mol. The molecule has 0 atom stereocenters. The van der Waals surface area contributed by atoms with Gasteiger partial charge in [0, 0.05) is 25.2 Å². The molecule has 0 unspecified atom stereocenters. The van der Waals surface area contributed by atoms with Crippen LogP contribution in [0.4, 0.5) is 5.69 Å². The molecule has 0 heterocycles. The number of hydrogen-bond acceptors (Lipinski definition) is 4. The minimum atomic E-state index is -3.19. The summed E-state index contributed by atoms with van der Waals surface area (Å²) in [5.41, 5.74) is 1.18. The highest BCUT2D eigenvalue weighted by Gasteiger charge is 2.09. The second-order valence-electron chi connectivity index (χ2n) is 3.86. The smallest absolute Gasteiger partial charge is 0.208 e. The summed E-state index contributed by atoms with van der Waals surface area (Å²) in [5.74, 6) is 0. The van der Waals surface area contributed by atoms with Crippen LogP contribution in [-0.2, 0) is 10.0 Å². The Labute approximate surface area is 112 Å². The zero-order valence-electron chi connectivity index (χ0n) is 10.1. The highest BCUT2D eigenvalue weighted by Crippen LogP contribution is 2.23. The summed E-state index contributed by atoms with van der Waals surface area (Å²) in [6, 6.07) is 7.03. The number of benzene rings is 1. The molecule has 0 saturated carbocycles. The van der Waals surface area contributed by atoms with Gasteiger partial charge in [-0.25, -0.2) is 13.1 Å². The Hall–Kier alpha value is -1.29. The standard InChI is InChI=1S/C11H14ClN3O2S/c1-15(6-5-14-18(2,16)17)11-7-10(12)4-3-9(11)8-13/h3-4,7,14H,5-6H2,1-2H3. The average molecular weight is 288 g/mol. The molecule has 1 N–H and O–H groups in total. The topological polar surface area (TPSA) is 73.2 Å². The summed E-state index contributed by atoms with van der Waals surface area (Å²) in [4.78, 5) is 1.78. The summed E-state index contributed by atoms with van der Waals surface area (Å²) < 4.78 is 24.2. The van der Waals surface area contributed by atoms with Crippen LogP contribution in [0, 0.1) is 11.3 Å². The molecule has 0 radical (unpaired) electrons. The molecule has 0 aliphatic heterocycles. The summed E-state index contributed by atoms with van der Waals surface area (Å²) in [7, 11) is -1.42. The molecule has 0 spiro atoms. The van der Waals surface area contributed by atoms with E-state index >= 15 is 0 Å². The number of hydrogen-bond donors (Lipinski definition) is 1. The Morgan fingerprint density at radius 3 is 2.72 bits per heavy atom. The van der Waals surface area contributed by atoms with Crippen LogP contribution >= 0.6 is 11.6 Å². The van der Waals surface area contributed by atoms with E-state index in [1.54, 1.807) is 30.1 Å². The van der Waals surface area contributed by atoms with Crippen LogP contribution in [-0.4, -0.2) is 34.8 Å². The zero-order chi connectivity index (χ0) is 13.8. The summed E-state index contributed by atoms with van der Waals surface area (Å²) in [5, 5.41) is 9.52. The first-order valence-corrected chi connectivity index (χ1v) is 7.46. The van der Waals surface area contributed by atoms with Gasteiger partial charge in [0.1, 0.15) is 6.07 Å². The molecule has 0 aliphatic carbocycles. The molecule has 7 heteroatoms. The molecule has 1 aromatic rings. The second kappa shape index (κ2) is 6.05. The quantitative estimate of drug-likeness (QED) is 0.883. The van der Waals surface area contributed by atoms with Crippen LogP contribution in [0.15, 0.2) is 18.2 Å². The van der Waals surface area contributed by atoms with E-state index in [9.17, 15) is 8.42 Å². The van der Waals surface area contributed by atoms with Gasteiger partial charge in [0.25, 0.3) is 0 Å². The number of likely N-dealkylation sites (N-methyl/N-ethyl adjacent to an activating group) is 1. The number of halogens is 1. The van der Waals surface area contributed by atoms with E-state index in [0.29, 0.717) is 22.8 Å². The fourth-order valence-corrected chi connectivity index (χ4v) is 2.06. The molecule has 0 amide bonds. The largest absolute Gasteiger partial charge is 0.372 e. The fraction of sp³-hybridized carbons (Fsp3) is 0.364. The lowest BCUT2D eigenvalue weighted by Gasteiger charge is -2.20. The van der Waals surface area contributed by atoms with Crippen molar-refractivity contribution in [2.45, 2.75) is 0 Å². The van der Waals surface area contributed by atoms with Crippen molar-refractivity contribution in [3.05, 3.63) is 28.8 Å².